The molecular formula is C19H12F3NO2. The van der Waals surface area contributed by atoms with E-state index < -0.39 is 17.7 Å². The van der Waals surface area contributed by atoms with Crippen LogP contribution in [-0.4, -0.2) is 16.1 Å². The lowest BCUT2D eigenvalue weighted by molar-refractivity contribution is -0.137. The molecule has 3 aromatic rings. The highest BCUT2D eigenvalue weighted by molar-refractivity contribution is 5.88. The molecule has 0 bridgehead atoms. The Balaban J connectivity index is 1.92. The Morgan fingerprint density at radius 1 is 0.800 bits per heavy atom. The minimum atomic E-state index is -4.38. The second kappa shape index (κ2) is 6.39. The number of rotatable bonds is 3. The summed E-state index contributed by atoms with van der Waals surface area (Å²) in [7, 11) is 0. The molecule has 0 saturated carbocycles. The number of benzene rings is 2. The predicted octanol–water partition coefficient (Wildman–Crippen LogP) is 5.13. The fourth-order valence-corrected chi connectivity index (χ4v) is 2.37. The van der Waals surface area contributed by atoms with Gasteiger partial charge in [-0.3, -0.25) is 0 Å². The molecule has 0 aliphatic heterocycles. The highest BCUT2D eigenvalue weighted by Gasteiger charge is 2.30. The van der Waals surface area contributed by atoms with E-state index in [0.717, 1.165) is 17.7 Å². The highest BCUT2D eigenvalue weighted by Crippen LogP contribution is 2.31. The molecule has 126 valence electrons. The number of carbonyl (C=O) groups is 1. The van der Waals surface area contributed by atoms with Gasteiger partial charge in [-0.05, 0) is 36.4 Å². The molecule has 0 saturated heterocycles. The maximum absolute atomic E-state index is 12.6. The average molecular weight is 343 g/mol. The summed E-state index contributed by atoms with van der Waals surface area (Å²) in [6.45, 7) is 0. The molecule has 0 aliphatic rings. The molecule has 25 heavy (non-hydrogen) atoms. The first-order valence-corrected chi connectivity index (χ1v) is 7.33. The van der Waals surface area contributed by atoms with Crippen molar-refractivity contribution < 1.29 is 23.1 Å². The molecule has 0 aliphatic carbocycles. The minimum absolute atomic E-state index is 0.169. The first kappa shape index (κ1) is 16.7. The molecule has 1 heterocycles. The monoisotopic (exact) mass is 343 g/mol. The standard InChI is InChI=1S/C19H12F3NO2/c20-19(21,22)15-10-8-13(9-11-15)17-3-1-2-16(23-17)12-4-6-14(7-5-12)18(24)25/h1-11H,(H,24,25). The zero-order chi connectivity index (χ0) is 18.0. The SMILES string of the molecule is O=C(O)c1ccc(-c2cccc(-c3ccc(C(F)(F)F)cc3)n2)cc1. The lowest BCUT2D eigenvalue weighted by Crippen LogP contribution is -2.04. The molecule has 3 nitrogen and oxygen atoms in total. The van der Waals surface area contributed by atoms with Gasteiger partial charge in [0, 0.05) is 11.1 Å². The summed E-state index contributed by atoms with van der Waals surface area (Å²) in [5.74, 6) is -1.02. The second-order valence-electron chi connectivity index (χ2n) is 5.37. The topological polar surface area (TPSA) is 50.2 Å². The largest absolute Gasteiger partial charge is 0.478 e. The zero-order valence-electron chi connectivity index (χ0n) is 12.8. The van der Waals surface area contributed by atoms with Crippen molar-refractivity contribution in [2.24, 2.45) is 0 Å². The molecule has 1 aromatic heterocycles. The van der Waals surface area contributed by atoms with Crippen LogP contribution in [0.4, 0.5) is 13.2 Å². The van der Waals surface area contributed by atoms with Gasteiger partial charge in [-0.25, -0.2) is 9.78 Å². The van der Waals surface area contributed by atoms with Gasteiger partial charge in [-0.2, -0.15) is 13.2 Å². The number of aromatic nitrogens is 1. The van der Waals surface area contributed by atoms with Gasteiger partial charge in [-0.1, -0.05) is 30.3 Å². The lowest BCUT2D eigenvalue weighted by Gasteiger charge is -2.08. The number of carboxylic acids is 1. The van der Waals surface area contributed by atoms with E-state index in [2.05, 4.69) is 4.98 Å². The fraction of sp³-hybridized carbons (Fsp3) is 0.0526. The minimum Gasteiger partial charge on any atom is -0.478 e. The van der Waals surface area contributed by atoms with Gasteiger partial charge in [0.1, 0.15) is 0 Å². The van der Waals surface area contributed by atoms with Gasteiger partial charge in [0.25, 0.3) is 0 Å². The van der Waals surface area contributed by atoms with E-state index in [1.807, 2.05) is 0 Å². The Labute approximate surface area is 141 Å². The lowest BCUT2D eigenvalue weighted by atomic mass is 10.1. The van der Waals surface area contributed by atoms with Crippen LogP contribution in [0, 0.1) is 0 Å². The molecule has 0 fully saturated rings. The number of pyridine rings is 1. The summed E-state index contributed by atoms with van der Waals surface area (Å²) in [4.78, 5) is 15.3. The Morgan fingerprint density at radius 3 is 1.72 bits per heavy atom. The van der Waals surface area contributed by atoms with Crippen molar-refractivity contribution in [1.29, 1.82) is 0 Å². The predicted molar refractivity (Wildman–Crippen MR) is 87.1 cm³/mol. The Hall–Kier alpha value is -3.15. The van der Waals surface area contributed by atoms with Crippen LogP contribution in [0.25, 0.3) is 22.5 Å². The Bertz CT molecular complexity index is 901. The summed E-state index contributed by atoms with van der Waals surface area (Å²) in [5.41, 5.74) is 1.89. The van der Waals surface area contributed by atoms with Crippen LogP contribution in [0.3, 0.4) is 0 Å². The number of alkyl halides is 3. The van der Waals surface area contributed by atoms with E-state index in [4.69, 9.17) is 5.11 Å². The van der Waals surface area contributed by atoms with Crippen molar-refractivity contribution >= 4 is 5.97 Å². The Morgan fingerprint density at radius 2 is 1.28 bits per heavy atom. The molecular weight excluding hydrogens is 331 g/mol. The fourth-order valence-electron chi connectivity index (χ4n) is 2.37. The zero-order valence-corrected chi connectivity index (χ0v) is 12.8. The van der Waals surface area contributed by atoms with E-state index >= 15 is 0 Å². The molecule has 6 heteroatoms. The normalized spacial score (nSPS) is 11.3. The van der Waals surface area contributed by atoms with Crippen molar-refractivity contribution in [3.8, 4) is 22.5 Å². The third-order valence-electron chi connectivity index (χ3n) is 3.68. The third kappa shape index (κ3) is 3.68. The summed E-state index contributed by atoms with van der Waals surface area (Å²) in [6, 6.07) is 16.2. The van der Waals surface area contributed by atoms with Crippen LogP contribution in [0.15, 0.2) is 66.7 Å². The van der Waals surface area contributed by atoms with Crippen LogP contribution >= 0.6 is 0 Å². The van der Waals surface area contributed by atoms with Crippen LogP contribution in [-0.2, 0) is 6.18 Å². The van der Waals surface area contributed by atoms with Crippen molar-refractivity contribution in [2.75, 3.05) is 0 Å². The molecule has 0 amide bonds. The van der Waals surface area contributed by atoms with Crippen LogP contribution in [0.2, 0.25) is 0 Å². The van der Waals surface area contributed by atoms with Gasteiger partial charge < -0.3 is 5.11 Å². The highest BCUT2D eigenvalue weighted by atomic mass is 19.4. The number of halogens is 3. The van der Waals surface area contributed by atoms with Crippen molar-refractivity contribution in [2.45, 2.75) is 6.18 Å². The first-order chi connectivity index (χ1) is 11.8. The second-order valence-corrected chi connectivity index (χ2v) is 5.37. The molecule has 0 unspecified atom stereocenters. The summed E-state index contributed by atoms with van der Waals surface area (Å²) in [6.07, 6.45) is -4.38. The molecule has 2 aromatic carbocycles. The van der Waals surface area contributed by atoms with E-state index in [1.165, 1.54) is 24.3 Å². The van der Waals surface area contributed by atoms with Gasteiger partial charge in [0.05, 0.1) is 22.5 Å². The number of hydrogen-bond acceptors (Lipinski definition) is 2. The number of hydrogen-bond donors (Lipinski definition) is 1. The van der Waals surface area contributed by atoms with E-state index in [0.29, 0.717) is 17.0 Å². The van der Waals surface area contributed by atoms with Gasteiger partial charge in [-0.15, -0.1) is 0 Å². The maximum Gasteiger partial charge on any atom is 0.416 e. The smallest absolute Gasteiger partial charge is 0.416 e. The quantitative estimate of drug-likeness (QED) is 0.717. The third-order valence-corrected chi connectivity index (χ3v) is 3.68. The summed E-state index contributed by atoms with van der Waals surface area (Å²) < 4.78 is 37.9. The van der Waals surface area contributed by atoms with Crippen molar-refractivity contribution in [3.05, 3.63) is 77.9 Å². The summed E-state index contributed by atoms with van der Waals surface area (Å²) in [5, 5.41) is 8.92. The van der Waals surface area contributed by atoms with Crippen molar-refractivity contribution in [1.82, 2.24) is 4.98 Å². The van der Waals surface area contributed by atoms with Gasteiger partial charge in [0.2, 0.25) is 0 Å². The van der Waals surface area contributed by atoms with Crippen LogP contribution in [0.1, 0.15) is 15.9 Å². The van der Waals surface area contributed by atoms with Crippen LogP contribution in [0.5, 0.6) is 0 Å². The number of carboxylic acid groups (broad SMARTS) is 1. The van der Waals surface area contributed by atoms with E-state index in [-0.39, 0.29) is 5.56 Å². The average Bonchev–Trinajstić information content (AvgIpc) is 2.61. The molecule has 0 spiro atoms. The molecule has 3 rings (SSSR count). The van der Waals surface area contributed by atoms with E-state index in [9.17, 15) is 18.0 Å². The maximum atomic E-state index is 12.6. The van der Waals surface area contributed by atoms with E-state index in [1.54, 1.807) is 30.3 Å². The number of nitrogens with zero attached hydrogens (tertiary/aromatic N) is 1. The van der Waals surface area contributed by atoms with Crippen molar-refractivity contribution in [3.63, 3.8) is 0 Å². The first-order valence-electron chi connectivity index (χ1n) is 7.33. The Kier molecular flexibility index (Phi) is 4.27. The summed E-state index contributed by atoms with van der Waals surface area (Å²) >= 11 is 0. The number of aromatic carboxylic acids is 1. The molecule has 1 N–H and O–H groups in total. The molecule has 0 atom stereocenters. The van der Waals surface area contributed by atoms with Crippen LogP contribution < -0.4 is 0 Å². The van der Waals surface area contributed by atoms with Gasteiger partial charge >= 0.3 is 12.1 Å². The van der Waals surface area contributed by atoms with Gasteiger partial charge in [0.15, 0.2) is 0 Å². The molecule has 0 radical (unpaired) electrons.